The summed E-state index contributed by atoms with van der Waals surface area (Å²) in [5.41, 5.74) is 0. The molecule has 1 aliphatic rings. The van der Waals surface area contributed by atoms with Crippen LogP contribution in [0, 0.1) is 5.21 Å². The van der Waals surface area contributed by atoms with Crippen molar-refractivity contribution in [2.24, 2.45) is 0 Å². The zero-order chi connectivity index (χ0) is 6.20. The second-order valence-electron chi connectivity index (χ2n) is 2.26. The normalized spacial score (nSPS) is 44.6. The van der Waals surface area contributed by atoms with Gasteiger partial charge < -0.3 is 9.85 Å². The molecule has 0 aliphatic carbocycles. The second-order valence-corrected chi connectivity index (χ2v) is 2.26. The van der Waals surface area contributed by atoms with Gasteiger partial charge in [-0.05, 0) is 14.0 Å². The van der Waals surface area contributed by atoms with Crippen LogP contribution >= 0.6 is 0 Å². The quantitative estimate of drug-likeness (QED) is 0.310. The van der Waals surface area contributed by atoms with Gasteiger partial charge in [0.25, 0.3) is 0 Å². The molecule has 3 nitrogen and oxygen atoms in total. The lowest BCUT2D eigenvalue weighted by Crippen LogP contribution is -2.27. The summed E-state index contributed by atoms with van der Waals surface area (Å²) in [6.45, 7) is 3.38. The van der Waals surface area contributed by atoms with Crippen molar-refractivity contribution in [3.8, 4) is 0 Å². The van der Waals surface area contributed by atoms with Crippen LogP contribution in [-0.4, -0.2) is 30.9 Å². The van der Waals surface area contributed by atoms with E-state index in [1.807, 2.05) is 14.0 Å². The van der Waals surface area contributed by atoms with E-state index in [0.29, 0.717) is 6.54 Å². The van der Waals surface area contributed by atoms with Gasteiger partial charge in [0.2, 0.25) is 0 Å². The predicted octanol–water partition coefficient (Wildman–Crippen LogP) is -0.120. The molecule has 0 amide bonds. The Kier molecular flexibility index (Phi) is 1.27. The van der Waals surface area contributed by atoms with Gasteiger partial charge in [-0.1, -0.05) is 0 Å². The average Bonchev–Trinajstić information content (AvgIpc) is 2.44. The van der Waals surface area contributed by atoms with Crippen LogP contribution in [0.25, 0.3) is 0 Å². The van der Waals surface area contributed by atoms with Crippen molar-refractivity contribution in [1.29, 1.82) is 0 Å². The van der Waals surface area contributed by atoms with Gasteiger partial charge in [0.1, 0.15) is 6.54 Å². The summed E-state index contributed by atoms with van der Waals surface area (Å²) in [7, 11) is 1.83. The molecule has 0 aromatic carbocycles. The van der Waals surface area contributed by atoms with Gasteiger partial charge in [0, 0.05) is 0 Å². The Labute approximate surface area is 49.5 Å². The largest absolute Gasteiger partial charge is 0.631 e. The van der Waals surface area contributed by atoms with E-state index in [2.05, 4.69) is 5.32 Å². The predicted molar refractivity (Wildman–Crippen MR) is 31.9 cm³/mol. The summed E-state index contributed by atoms with van der Waals surface area (Å²) in [5.74, 6) is 0. The summed E-state index contributed by atoms with van der Waals surface area (Å²) < 4.78 is -0.0312. The molecular formula is C5H12N2O. The Hall–Kier alpha value is -0.120. The van der Waals surface area contributed by atoms with Crippen LogP contribution in [-0.2, 0) is 0 Å². The lowest BCUT2D eigenvalue weighted by molar-refractivity contribution is -0.759. The smallest absolute Gasteiger partial charge is 0.193 e. The summed E-state index contributed by atoms with van der Waals surface area (Å²) in [6.07, 6.45) is 0.194. The maximum atomic E-state index is 11.0. The van der Waals surface area contributed by atoms with Crippen molar-refractivity contribution in [3.63, 3.8) is 0 Å². The minimum Gasteiger partial charge on any atom is -0.631 e. The molecule has 0 aromatic heterocycles. The lowest BCUT2D eigenvalue weighted by atomic mass is 10.7. The molecule has 0 bridgehead atoms. The van der Waals surface area contributed by atoms with E-state index in [0.717, 1.165) is 6.54 Å². The van der Waals surface area contributed by atoms with E-state index in [9.17, 15) is 5.21 Å². The Morgan fingerprint density at radius 2 is 2.50 bits per heavy atom. The maximum Gasteiger partial charge on any atom is 0.193 e. The molecule has 0 saturated carbocycles. The zero-order valence-electron chi connectivity index (χ0n) is 5.35. The minimum absolute atomic E-state index is 0.0312. The molecule has 1 fully saturated rings. The van der Waals surface area contributed by atoms with Gasteiger partial charge in [-0.15, -0.1) is 0 Å². The van der Waals surface area contributed by atoms with E-state index in [-0.39, 0.29) is 10.8 Å². The van der Waals surface area contributed by atoms with Crippen LogP contribution < -0.4 is 5.32 Å². The number of hydroxylamine groups is 3. The van der Waals surface area contributed by atoms with Crippen molar-refractivity contribution in [2.45, 2.75) is 13.1 Å². The first-order chi connectivity index (χ1) is 3.73. The minimum atomic E-state index is -0.0312. The van der Waals surface area contributed by atoms with Crippen molar-refractivity contribution in [2.75, 3.05) is 20.1 Å². The monoisotopic (exact) mass is 116 g/mol. The van der Waals surface area contributed by atoms with Crippen LogP contribution in [0.2, 0.25) is 0 Å². The van der Waals surface area contributed by atoms with E-state index in [4.69, 9.17) is 0 Å². The van der Waals surface area contributed by atoms with Crippen LogP contribution in [0.4, 0.5) is 0 Å². The van der Waals surface area contributed by atoms with Crippen LogP contribution in [0.1, 0.15) is 6.92 Å². The molecule has 1 N–H and O–H groups in total. The Balaban J connectivity index is 2.31. The van der Waals surface area contributed by atoms with Crippen LogP contribution in [0.3, 0.4) is 0 Å². The number of quaternary nitrogens is 1. The molecule has 8 heavy (non-hydrogen) atoms. The van der Waals surface area contributed by atoms with E-state index in [1.54, 1.807) is 0 Å². The first-order valence-electron chi connectivity index (χ1n) is 2.98. The second kappa shape index (κ2) is 1.69. The fourth-order valence-corrected chi connectivity index (χ4v) is 0.922. The van der Waals surface area contributed by atoms with E-state index < -0.39 is 0 Å². The average molecular weight is 116 g/mol. The van der Waals surface area contributed by atoms with Crippen molar-refractivity contribution >= 4 is 0 Å². The summed E-state index contributed by atoms with van der Waals surface area (Å²) in [4.78, 5) is 0. The highest BCUT2D eigenvalue weighted by molar-refractivity contribution is 4.69. The van der Waals surface area contributed by atoms with Gasteiger partial charge in [-0.2, -0.15) is 0 Å². The highest BCUT2D eigenvalue weighted by Gasteiger charge is 2.44. The Morgan fingerprint density at radius 1 is 1.88 bits per heavy atom. The SMILES string of the molecule is CC[N+]1([O-])CC1NC. The molecule has 0 aromatic rings. The first kappa shape index (κ1) is 6.01. The number of rotatable bonds is 2. The lowest BCUT2D eigenvalue weighted by Gasteiger charge is -2.20. The van der Waals surface area contributed by atoms with Crippen LogP contribution in [0.5, 0.6) is 0 Å². The number of nitrogens with one attached hydrogen (secondary N) is 1. The molecule has 1 saturated heterocycles. The van der Waals surface area contributed by atoms with E-state index >= 15 is 0 Å². The number of hydrogen-bond donors (Lipinski definition) is 1. The van der Waals surface area contributed by atoms with Crippen LogP contribution in [0.15, 0.2) is 0 Å². The van der Waals surface area contributed by atoms with Crippen molar-refractivity contribution in [3.05, 3.63) is 5.21 Å². The summed E-state index contributed by atoms with van der Waals surface area (Å²) in [5, 5.41) is 14.0. The van der Waals surface area contributed by atoms with Gasteiger partial charge in [0.15, 0.2) is 6.17 Å². The molecule has 0 radical (unpaired) electrons. The zero-order valence-corrected chi connectivity index (χ0v) is 5.35. The van der Waals surface area contributed by atoms with Gasteiger partial charge in [-0.3, -0.25) is 5.32 Å². The summed E-state index contributed by atoms with van der Waals surface area (Å²) >= 11 is 0. The molecule has 1 aliphatic heterocycles. The van der Waals surface area contributed by atoms with Crippen molar-refractivity contribution < 1.29 is 4.65 Å². The molecule has 2 unspecified atom stereocenters. The molecular weight excluding hydrogens is 104 g/mol. The van der Waals surface area contributed by atoms with Gasteiger partial charge >= 0.3 is 0 Å². The third-order valence-electron chi connectivity index (χ3n) is 1.78. The molecule has 1 heterocycles. The van der Waals surface area contributed by atoms with Gasteiger partial charge in [-0.25, -0.2) is 0 Å². The standard InChI is InChI=1S/C5H12N2O/c1-3-7(8)4-5(7)6-2/h5-6H,3-4H2,1-2H3. The molecule has 0 spiro atoms. The van der Waals surface area contributed by atoms with Gasteiger partial charge in [0.05, 0.1) is 6.54 Å². The van der Waals surface area contributed by atoms with Crippen molar-refractivity contribution in [1.82, 2.24) is 5.32 Å². The number of likely N-dealkylation sites (N-methyl/N-ethyl adjacent to an activating group) is 2. The Morgan fingerprint density at radius 3 is 2.62 bits per heavy atom. The number of nitrogens with zero attached hydrogens (tertiary/aromatic N) is 1. The third kappa shape index (κ3) is 0.727. The van der Waals surface area contributed by atoms with E-state index in [1.165, 1.54) is 0 Å². The maximum absolute atomic E-state index is 11.0. The Bertz CT molecular complexity index is 96.4. The topological polar surface area (TPSA) is 35.1 Å². The number of hydrogen-bond acceptors (Lipinski definition) is 2. The fourth-order valence-electron chi connectivity index (χ4n) is 0.922. The third-order valence-corrected chi connectivity index (χ3v) is 1.78. The summed E-state index contributed by atoms with van der Waals surface area (Å²) in [6, 6.07) is 0. The highest BCUT2D eigenvalue weighted by atomic mass is 16.6. The highest BCUT2D eigenvalue weighted by Crippen LogP contribution is 2.24. The molecule has 3 heteroatoms. The molecule has 48 valence electrons. The first-order valence-corrected chi connectivity index (χ1v) is 2.98. The fraction of sp³-hybridized carbons (Fsp3) is 1.00. The molecule has 2 atom stereocenters. The molecule has 1 rings (SSSR count).